The molecule has 1 amide bonds. The molecule has 0 aliphatic rings. The second-order valence-corrected chi connectivity index (χ2v) is 8.59. The minimum Gasteiger partial charge on any atom is -0.345 e. The summed E-state index contributed by atoms with van der Waals surface area (Å²) in [4.78, 5) is 15.7. The van der Waals surface area contributed by atoms with Gasteiger partial charge < -0.3 is 9.47 Å². The molecule has 31 heavy (non-hydrogen) atoms. The predicted octanol–water partition coefficient (Wildman–Crippen LogP) is 6.38. The SMILES string of the molecule is CC(C)[C@H](C)N(Cc1cccn1Cc1ccccc1)C(=O)c1ccc2ccccc2c1. The van der Waals surface area contributed by atoms with E-state index in [1.165, 1.54) is 5.56 Å². The van der Waals surface area contributed by atoms with Gasteiger partial charge in [-0.2, -0.15) is 0 Å². The minimum absolute atomic E-state index is 0.0828. The maximum Gasteiger partial charge on any atom is 0.254 e. The van der Waals surface area contributed by atoms with Crippen molar-refractivity contribution < 1.29 is 4.79 Å². The molecule has 0 N–H and O–H groups in total. The molecule has 0 aliphatic heterocycles. The van der Waals surface area contributed by atoms with E-state index in [9.17, 15) is 4.79 Å². The van der Waals surface area contributed by atoms with Crippen LogP contribution in [0.15, 0.2) is 91.1 Å². The molecular weight excluding hydrogens is 380 g/mol. The lowest BCUT2D eigenvalue weighted by atomic mass is 10.0. The van der Waals surface area contributed by atoms with Crippen LogP contribution < -0.4 is 0 Å². The summed E-state index contributed by atoms with van der Waals surface area (Å²) in [5.74, 6) is 0.446. The van der Waals surface area contributed by atoms with Crippen molar-refractivity contribution in [2.24, 2.45) is 5.92 Å². The molecule has 0 saturated heterocycles. The standard InChI is InChI=1S/C28H30N2O/c1-21(2)22(3)30(28(31)26-16-15-24-12-7-8-13-25(24)18-26)20-27-14-9-17-29(27)19-23-10-5-4-6-11-23/h4-18,21-22H,19-20H2,1-3H3/t22-/m0/s1. The van der Waals surface area contributed by atoms with Crippen LogP contribution >= 0.6 is 0 Å². The molecular formula is C28H30N2O. The number of benzene rings is 3. The largest absolute Gasteiger partial charge is 0.345 e. The van der Waals surface area contributed by atoms with Gasteiger partial charge >= 0.3 is 0 Å². The van der Waals surface area contributed by atoms with Gasteiger partial charge in [-0.3, -0.25) is 4.79 Å². The van der Waals surface area contributed by atoms with E-state index in [1.54, 1.807) is 0 Å². The Morgan fingerprint density at radius 2 is 1.55 bits per heavy atom. The Hall–Kier alpha value is -3.33. The first-order chi connectivity index (χ1) is 15.0. The Labute approximate surface area is 184 Å². The van der Waals surface area contributed by atoms with Crippen molar-refractivity contribution in [1.82, 2.24) is 9.47 Å². The molecule has 3 heteroatoms. The van der Waals surface area contributed by atoms with Crippen LogP contribution in [-0.4, -0.2) is 21.4 Å². The van der Waals surface area contributed by atoms with Crippen LogP contribution in [0.5, 0.6) is 0 Å². The Bertz CT molecular complexity index is 1160. The van der Waals surface area contributed by atoms with Crippen molar-refractivity contribution in [1.29, 1.82) is 0 Å². The third kappa shape index (κ3) is 4.72. The zero-order valence-corrected chi connectivity index (χ0v) is 18.5. The number of amides is 1. The van der Waals surface area contributed by atoms with Gasteiger partial charge in [-0.05, 0) is 53.4 Å². The van der Waals surface area contributed by atoms with E-state index < -0.39 is 0 Å². The zero-order valence-electron chi connectivity index (χ0n) is 18.5. The zero-order chi connectivity index (χ0) is 21.8. The summed E-state index contributed by atoms with van der Waals surface area (Å²) in [6, 6.07) is 28.9. The normalized spacial score (nSPS) is 12.3. The van der Waals surface area contributed by atoms with E-state index in [2.05, 4.69) is 80.1 Å². The summed E-state index contributed by atoms with van der Waals surface area (Å²) < 4.78 is 2.24. The molecule has 1 aromatic heterocycles. The highest BCUT2D eigenvalue weighted by Gasteiger charge is 2.25. The van der Waals surface area contributed by atoms with Crippen molar-refractivity contribution >= 4 is 16.7 Å². The van der Waals surface area contributed by atoms with Crippen LogP contribution in [0.3, 0.4) is 0 Å². The number of hydrogen-bond acceptors (Lipinski definition) is 1. The summed E-state index contributed by atoms with van der Waals surface area (Å²) in [5, 5.41) is 2.25. The number of nitrogens with zero attached hydrogens (tertiary/aromatic N) is 2. The van der Waals surface area contributed by atoms with Crippen LogP contribution in [0.2, 0.25) is 0 Å². The Morgan fingerprint density at radius 3 is 2.29 bits per heavy atom. The Kier molecular flexibility index (Phi) is 6.22. The van der Waals surface area contributed by atoms with Gasteiger partial charge in [0, 0.05) is 30.0 Å². The number of hydrogen-bond donors (Lipinski definition) is 0. The molecule has 0 spiro atoms. The third-order valence-electron chi connectivity index (χ3n) is 6.17. The highest BCUT2D eigenvalue weighted by atomic mass is 16.2. The van der Waals surface area contributed by atoms with Gasteiger partial charge in [-0.1, -0.05) is 74.5 Å². The average Bonchev–Trinajstić information content (AvgIpc) is 3.23. The lowest BCUT2D eigenvalue weighted by molar-refractivity contribution is 0.0623. The molecule has 0 bridgehead atoms. The number of carbonyl (C=O) groups is 1. The summed E-state index contributed by atoms with van der Waals surface area (Å²) in [7, 11) is 0. The Morgan fingerprint density at radius 1 is 0.839 bits per heavy atom. The molecule has 3 nitrogen and oxygen atoms in total. The minimum atomic E-state index is 0.0828. The fourth-order valence-electron chi connectivity index (χ4n) is 3.95. The van der Waals surface area contributed by atoms with Crippen molar-refractivity contribution in [3.63, 3.8) is 0 Å². The highest BCUT2D eigenvalue weighted by Crippen LogP contribution is 2.22. The van der Waals surface area contributed by atoms with Gasteiger partial charge in [0.1, 0.15) is 0 Å². The van der Waals surface area contributed by atoms with E-state index in [4.69, 9.17) is 0 Å². The van der Waals surface area contributed by atoms with Crippen molar-refractivity contribution in [3.05, 3.63) is 108 Å². The smallest absolute Gasteiger partial charge is 0.254 e. The van der Waals surface area contributed by atoms with Crippen molar-refractivity contribution in [2.45, 2.75) is 39.9 Å². The summed E-state index contributed by atoms with van der Waals surface area (Å²) in [6.45, 7) is 7.89. The molecule has 0 saturated carbocycles. The van der Waals surface area contributed by atoms with Crippen LogP contribution in [0.25, 0.3) is 10.8 Å². The molecule has 158 valence electrons. The molecule has 4 aromatic rings. The van der Waals surface area contributed by atoms with Crippen LogP contribution in [-0.2, 0) is 13.1 Å². The second kappa shape index (κ2) is 9.22. The lowest BCUT2D eigenvalue weighted by Crippen LogP contribution is -2.41. The van der Waals surface area contributed by atoms with Gasteiger partial charge in [0.2, 0.25) is 0 Å². The van der Waals surface area contributed by atoms with Crippen LogP contribution in [0, 0.1) is 5.92 Å². The van der Waals surface area contributed by atoms with Gasteiger partial charge in [0.05, 0.1) is 6.54 Å². The van der Waals surface area contributed by atoms with E-state index >= 15 is 0 Å². The first-order valence-corrected chi connectivity index (χ1v) is 11.0. The average molecular weight is 411 g/mol. The maximum absolute atomic E-state index is 13.6. The van der Waals surface area contributed by atoms with Gasteiger partial charge in [-0.25, -0.2) is 0 Å². The fraction of sp³-hybridized carbons (Fsp3) is 0.250. The summed E-state index contributed by atoms with van der Waals surface area (Å²) in [6.07, 6.45) is 2.10. The molecule has 1 atom stereocenters. The fourth-order valence-corrected chi connectivity index (χ4v) is 3.95. The molecule has 3 aromatic carbocycles. The molecule has 4 rings (SSSR count). The molecule has 1 heterocycles. The van der Waals surface area contributed by atoms with Crippen molar-refractivity contribution in [3.8, 4) is 0 Å². The first kappa shape index (κ1) is 20.9. The third-order valence-corrected chi connectivity index (χ3v) is 6.17. The van der Waals surface area contributed by atoms with E-state index in [1.807, 2.05) is 41.3 Å². The summed E-state index contributed by atoms with van der Waals surface area (Å²) >= 11 is 0. The molecule has 0 aliphatic carbocycles. The summed E-state index contributed by atoms with van der Waals surface area (Å²) in [5.41, 5.74) is 3.14. The molecule has 0 unspecified atom stereocenters. The number of rotatable bonds is 7. The highest BCUT2D eigenvalue weighted by molar-refractivity contribution is 5.98. The number of fused-ring (bicyclic) bond motifs is 1. The lowest BCUT2D eigenvalue weighted by Gasteiger charge is -2.32. The number of carbonyl (C=O) groups excluding carboxylic acids is 1. The first-order valence-electron chi connectivity index (χ1n) is 11.0. The van der Waals surface area contributed by atoms with E-state index in [0.717, 1.165) is 28.6 Å². The van der Waals surface area contributed by atoms with Crippen LogP contribution in [0.1, 0.15) is 42.4 Å². The maximum atomic E-state index is 13.6. The van der Waals surface area contributed by atoms with Gasteiger partial charge in [0.15, 0.2) is 0 Å². The van der Waals surface area contributed by atoms with Gasteiger partial charge in [0.25, 0.3) is 5.91 Å². The quantitative estimate of drug-likeness (QED) is 0.347. The van der Waals surface area contributed by atoms with E-state index in [-0.39, 0.29) is 11.9 Å². The van der Waals surface area contributed by atoms with Gasteiger partial charge in [-0.15, -0.1) is 0 Å². The second-order valence-electron chi connectivity index (χ2n) is 8.59. The molecule has 0 radical (unpaired) electrons. The monoisotopic (exact) mass is 410 g/mol. The van der Waals surface area contributed by atoms with Crippen LogP contribution in [0.4, 0.5) is 0 Å². The molecule has 0 fully saturated rings. The topological polar surface area (TPSA) is 25.2 Å². The number of aromatic nitrogens is 1. The van der Waals surface area contributed by atoms with E-state index in [0.29, 0.717) is 12.5 Å². The van der Waals surface area contributed by atoms with Crippen molar-refractivity contribution in [2.75, 3.05) is 0 Å². The Balaban J connectivity index is 1.63. The predicted molar refractivity (Wildman–Crippen MR) is 128 cm³/mol.